The SMILES string of the molecule is O=C(c1ccc(CSc2nc3ccccc3s2)cc1)N1CCN(C(=O)c2ccccc2O)CC1. The van der Waals surface area contributed by atoms with E-state index in [1.54, 1.807) is 51.1 Å². The Morgan fingerprint density at radius 3 is 2.21 bits per heavy atom. The largest absolute Gasteiger partial charge is 0.507 e. The lowest BCUT2D eigenvalue weighted by molar-refractivity contribution is 0.0533. The molecule has 1 aromatic heterocycles. The van der Waals surface area contributed by atoms with E-state index in [0.29, 0.717) is 37.3 Å². The van der Waals surface area contributed by atoms with E-state index in [2.05, 4.69) is 11.1 Å². The van der Waals surface area contributed by atoms with E-state index in [1.165, 1.54) is 10.8 Å². The van der Waals surface area contributed by atoms with Gasteiger partial charge in [-0.25, -0.2) is 4.98 Å². The van der Waals surface area contributed by atoms with Gasteiger partial charge in [0.15, 0.2) is 4.34 Å². The van der Waals surface area contributed by atoms with E-state index >= 15 is 0 Å². The van der Waals surface area contributed by atoms with Crippen molar-refractivity contribution in [2.75, 3.05) is 26.2 Å². The smallest absolute Gasteiger partial charge is 0.257 e. The predicted octanol–water partition coefficient (Wildman–Crippen LogP) is 4.89. The van der Waals surface area contributed by atoms with Crippen molar-refractivity contribution >= 4 is 45.1 Å². The molecule has 2 heterocycles. The molecule has 0 aliphatic carbocycles. The highest BCUT2D eigenvalue weighted by Gasteiger charge is 2.26. The van der Waals surface area contributed by atoms with Crippen LogP contribution in [0.25, 0.3) is 10.2 Å². The number of nitrogens with zero attached hydrogens (tertiary/aromatic N) is 3. The van der Waals surface area contributed by atoms with Gasteiger partial charge in [0.05, 0.1) is 15.8 Å². The van der Waals surface area contributed by atoms with Crippen molar-refractivity contribution in [1.82, 2.24) is 14.8 Å². The number of aromatic hydroxyl groups is 1. The molecule has 0 atom stereocenters. The number of thioether (sulfide) groups is 1. The molecule has 8 heteroatoms. The second-order valence-electron chi connectivity index (χ2n) is 8.03. The summed E-state index contributed by atoms with van der Waals surface area (Å²) < 4.78 is 2.23. The molecule has 0 spiro atoms. The average Bonchev–Trinajstić information content (AvgIpc) is 3.30. The number of phenolic OH excluding ortho intramolecular Hbond substituents is 1. The number of carbonyl (C=O) groups excluding carboxylic acids is 2. The number of aromatic nitrogens is 1. The minimum absolute atomic E-state index is 0.0209. The highest BCUT2D eigenvalue weighted by molar-refractivity contribution is 8.00. The summed E-state index contributed by atoms with van der Waals surface area (Å²) in [6.07, 6.45) is 0. The van der Waals surface area contributed by atoms with Crippen LogP contribution in [0.4, 0.5) is 0 Å². The zero-order chi connectivity index (χ0) is 23.5. The van der Waals surface area contributed by atoms with Gasteiger partial charge in [0.25, 0.3) is 11.8 Å². The first-order valence-electron chi connectivity index (χ1n) is 11.0. The Bertz CT molecular complexity index is 1300. The first-order chi connectivity index (χ1) is 16.6. The van der Waals surface area contributed by atoms with E-state index in [4.69, 9.17) is 0 Å². The molecule has 1 aliphatic heterocycles. The van der Waals surface area contributed by atoms with Gasteiger partial charge in [0, 0.05) is 37.5 Å². The van der Waals surface area contributed by atoms with Crippen molar-refractivity contribution in [3.8, 4) is 5.75 Å². The first kappa shape index (κ1) is 22.4. The number of benzene rings is 3. The Balaban J connectivity index is 1.15. The molecule has 1 aliphatic rings. The summed E-state index contributed by atoms with van der Waals surface area (Å²) in [7, 11) is 0. The summed E-state index contributed by atoms with van der Waals surface area (Å²) in [6, 6.07) is 22.4. The summed E-state index contributed by atoms with van der Waals surface area (Å²) in [6.45, 7) is 1.81. The van der Waals surface area contributed by atoms with Gasteiger partial charge in [-0.1, -0.05) is 48.2 Å². The normalized spacial score (nSPS) is 13.9. The van der Waals surface area contributed by atoms with Gasteiger partial charge >= 0.3 is 0 Å². The van der Waals surface area contributed by atoms with Crippen LogP contribution in [0.5, 0.6) is 5.75 Å². The Hall–Kier alpha value is -3.36. The number of carbonyl (C=O) groups is 2. The first-order valence-corrected chi connectivity index (χ1v) is 12.8. The van der Waals surface area contributed by atoms with E-state index in [1.807, 2.05) is 42.5 Å². The number of amides is 2. The van der Waals surface area contributed by atoms with Gasteiger partial charge in [-0.15, -0.1) is 11.3 Å². The van der Waals surface area contributed by atoms with Crippen LogP contribution < -0.4 is 0 Å². The highest BCUT2D eigenvalue weighted by Crippen LogP contribution is 2.31. The maximum absolute atomic E-state index is 13.0. The molecular formula is C26H23N3O3S2. The summed E-state index contributed by atoms with van der Waals surface area (Å²) in [5, 5.41) is 9.94. The molecule has 3 aromatic carbocycles. The number of para-hydroxylation sites is 2. The number of thiazole rings is 1. The summed E-state index contributed by atoms with van der Waals surface area (Å²) in [5.74, 6) is 0.536. The lowest BCUT2D eigenvalue weighted by Crippen LogP contribution is -2.50. The molecular weight excluding hydrogens is 466 g/mol. The molecule has 0 radical (unpaired) electrons. The van der Waals surface area contributed by atoms with Crippen LogP contribution in [0, 0.1) is 0 Å². The van der Waals surface area contributed by atoms with Crippen LogP contribution in [-0.2, 0) is 5.75 Å². The Labute approximate surface area is 205 Å². The minimum Gasteiger partial charge on any atom is -0.507 e. The summed E-state index contributed by atoms with van der Waals surface area (Å²) in [4.78, 5) is 33.8. The third-order valence-corrected chi connectivity index (χ3v) is 8.08. The van der Waals surface area contributed by atoms with Crippen LogP contribution >= 0.6 is 23.1 Å². The Morgan fingerprint density at radius 2 is 1.50 bits per heavy atom. The number of phenols is 1. The molecule has 172 valence electrons. The van der Waals surface area contributed by atoms with Crippen LogP contribution in [0.15, 0.2) is 77.1 Å². The quantitative estimate of drug-likeness (QED) is 0.404. The Kier molecular flexibility index (Phi) is 6.51. The van der Waals surface area contributed by atoms with Crippen LogP contribution in [0.2, 0.25) is 0 Å². The van der Waals surface area contributed by atoms with Gasteiger partial charge in [-0.05, 0) is 42.0 Å². The number of hydrogen-bond acceptors (Lipinski definition) is 6. The van der Waals surface area contributed by atoms with Crippen molar-refractivity contribution < 1.29 is 14.7 Å². The molecule has 1 N–H and O–H groups in total. The monoisotopic (exact) mass is 489 g/mol. The van der Waals surface area contributed by atoms with Gasteiger partial charge in [-0.2, -0.15) is 0 Å². The predicted molar refractivity (Wildman–Crippen MR) is 136 cm³/mol. The maximum Gasteiger partial charge on any atom is 0.257 e. The summed E-state index contributed by atoms with van der Waals surface area (Å²) in [5.41, 5.74) is 3.10. The van der Waals surface area contributed by atoms with Crippen molar-refractivity contribution in [3.05, 3.63) is 89.5 Å². The van der Waals surface area contributed by atoms with E-state index in [0.717, 1.165) is 21.2 Å². The van der Waals surface area contributed by atoms with Gasteiger partial charge in [-0.3, -0.25) is 9.59 Å². The zero-order valence-electron chi connectivity index (χ0n) is 18.4. The fraction of sp³-hybridized carbons (Fsp3) is 0.192. The highest BCUT2D eigenvalue weighted by atomic mass is 32.2. The van der Waals surface area contributed by atoms with Crippen molar-refractivity contribution in [3.63, 3.8) is 0 Å². The van der Waals surface area contributed by atoms with Crippen LogP contribution in [0.1, 0.15) is 26.3 Å². The van der Waals surface area contributed by atoms with Gasteiger partial charge < -0.3 is 14.9 Å². The third kappa shape index (κ3) is 4.78. The molecule has 1 fully saturated rings. The fourth-order valence-corrected chi connectivity index (χ4v) is 5.95. The lowest BCUT2D eigenvalue weighted by atomic mass is 10.1. The maximum atomic E-state index is 13.0. The number of fused-ring (bicyclic) bond motifs is 1. The number of rotatable bonds is 5. The van der Waals surface area contributed by atoms with Crippen LogP contribution in [0.3, 0.4) is 0 Å². The van der Waals surface area contributed by atoms with Crippen molar-refractivity contribution in [2.45, 2.75) is 10.1 Å². The molecule has 34 heavy (non-hydrogen) atoms. The number of hydrogen-bond donors (Lipinski definition) is 1. The molecule has 2 amide bonds. The second kappa shape index (κ2) is 9.87. The molecule has 4 aromatic rings. The topological polar surface area (TPSA) is 73.7 Å². The molecule has 6 nitrogen and oxygen atoms in total. The lowest BCUT2D eigenvalue weighted by Gasteiger charge is -2.35. The third-order valence-electron chi connectivity index (χ3n) is 5.83. The molecule has 1 saturated heterocycles. The van der Waals surface area contributed by atoms with E-state index in [-0.39, 0.29) is 17.6 Å². The second-order valence-corrected chi connectivity index (χ2v) is 10.3. The number of piperazine rings is 1. The molecule has 0 saturated carbocycles. The van der Waals surface area contributed by atoms with Crippen molar-refractivity contribution in [1.29, 1.82) is 0 Å². The summed E-state index contributed by atoms with van der Waals surface area (Å²) >= 11 is 3.39. The molecule has 0 unspecified atom stereocenters. The van der Waals surface area contributed by atoms with E-state index in [9.17, 15) is 14.7 Å². The van der Waals surface area contributed by atoms with Crippen LogP contribution in [-0.4, -0.2) is 57.9 Å². The minimum atomic E-state index is -0.208. The Morgan fingerprint density at radius 1 is 0.853 bits per heavy atom. The fourth-order valence-electron chi connectivity index (χ4n) is 3.92. The standard InChI is InChI=1S/C26H23N3O3S2/c30-22-7-3-1-5-20(22)25(32)29-15-13-28(14-16-29)24(31)19-11-9-18(10-12-19)17-33-26-27-21-6-2-4-8-23(21)34-26/h1-12,30H,13-17H2. The van der Waals surface area contributed by atoms with Gasteiger partial charge in [0.1, 0.15) is 5.75 Å². The average molecular weight is 490 g/mol. The zero-order valence-corrected chi connectivity index (χ0v) is 20.0. The van der Waals surface area contributed by atoms with E-state index < -0.39 is 0 Å². The molecule has 0 bridgehead atoms. The van der Waals surface area contributed by atoms with Crippen molar-refractivity contribution in [2.24, 2.45) is 0 Å². The van der Waals surface area contributed by atoms with Gasteiger partial charge in [0.2, 0.25) is 0 Å². The molecule has 5 rings (SSSR count).